The second kappa shape index (κ2) is 49.6. The van der Waals surface area contributed by atoms with Crippen LogP contribution in [0.1, 0.15) is 321 Å². The average molecular weight is 882 g/mol. The molecule has 354 valence electrons. The van der Waals surface area contributed by atoms with Crippen molar-refractivity contribution < 1.29 is 42.5 Å². The molecule has 0 aliphatic carbocycles. The number of benzene rings is 1. The summed E-state index contributed by atoms with van der Waals surface area (Å²) < 4.78 is 33.1. The molecule has 61 heavy (non-hydrogen) atoms. The third kappa shape index (κ3) is 46.5. The van der Waals surface area contributed by atoms with E-state index in [4.69, 9.17) is 0 Å². The summed E-state index contributed by atoms with van der Waals surface area (Å²) in [6.07, 6.45) is 70.3. The smallest absolute Gasteiger partial charge is 0.744 e. The predicted molar refractivity (Wildman–Crippen MR) is 265 cm³/mol. The van der Waals surface area contributed by atoms with Gasteiger partial charge in [0.2, 0.25) is 0 Å². The van der Waals surface area contributed by atoms with Gasteiger partial charge in [-0.3, -0.25) is 0 Å². The van der Waals surface area contributed by atoms with Crippen LogP contribution in [0.4, 0.5) is 0 Å². The minimum absolute atomic E-state index is 0. The third-order valence-corrected chi connectivity index (χ3v) is 14.4. The van der Waals surface area contributed by atoms with Gasteiger partial charge in [0.1, 0.15) is 10.1 Å². The minimum atomic E-state index is -4.33. The maximum atomic E-state index is 11.0. The zero-order valence-electron chi connectivity index (χ0n) is 41.6. The molecule has 0 N–H and O–H groups in total. The molecule has 0 unspecified atom stereocenters. The van der Waals surface area contributed by atoms with Gasteiger partial charge in [-0.1, -0.05) is 321 Å². The topological polar surface area (TPSA) is 57.2 Å². The van der Waals surface area contributed by atoms with Gasteiger partial charge < -0.3 is 4.55 Å². The van der Waals surface area contributed by atoms with Gasteiger partial charge in [-0.2, -0.15) is 0 Å². The SMILES string of the molecule is CCCCCCCCCCCCCCCCCCCCCCCCCCCCCCCCCCCCCCCCCCCCCCCCCCc1ccc(S(=O)(=O)[O-])cc1.[Na+]. The number of hydrogen-bond donors (Lipinski definition) is 0. The zero-order chi connectivity index (χ0) is 43.1. The quantitative estimate of drug-likeness (QED) is 0.0372. The summed E-state index contributed by atoms with van der Waals surface area (Å²) in [5.74, 6) is 0. The third-order valence-electron chi connectivity index (χ3n) is 13.5. The fraction of sp³-hybridized carbons (Fsp3) is 0.893. The van der Waals surface area contributed by atoms with Gasteiger partial charge in [-0.25, -0.2) is 8.42 Å². The Morgan fingerprint density at radius 1 is 0.295 bits per heavy atom. The Morgan fingerprint density at radius 3 is 0.623 bits per heavy atom. The molecule has 1 aromatic rings. The van der Waals surface area contributed by atoms with Crippen LogP contribution in [0.3, 0.4) is 0 Å². The summed E-state index contributed by atoms with van der Waals surface area (Å²) in [5, 5.41) is 0. The summed E-state index contributed by atoms with van der Waals surface area (Å²) in [7, 11) is -4.33. The molecule has 5 heteroatoms. The largest absolute Gasteiger partial charge is 1.00 e. The van der Waals surface area contributed by atoms with Gasteiger partial charge >= 0.3 is 29.6 Å². The second-order valence-electron chi connectivity index (χ2n) is 19.5. The van der Waals surface area contributed by atoms with Crippen molar-refractivity contribution in [1.29, 1.82) is 0 Å². The molecule has 0 radical (unpaired) electrons. The molecule has 0 bridgehead atoms. The molecular formula is C56H105NaO3S. The first-order valence-electron chi connectivity index (χ1n) is 27.6. The first-order chi connectivity index (χ1) is 29.5. The average Bonchev–Trinajstić information content (AvgIpc) is 3.24. The van der Waals surface area contributed by atoms with Crippen molar-refractivity contribution in [1.82, 2.24) is 0 Å². The Bertz CT molecular complexity index is 1070. The van der Waals surface area contributed by atoms with Crippen LogP contribution in [-0.2, 0) is 16.5 Å². The van der Waals surface area contributed by atoms with Crippen LogP contribution in [-0.4, -0.2) is 13.0 Å². The van der Waals surface area contributed by atoms with Crippen molar-refractivity contribution in [3.63, 3.8) is 0 Å². The first-order valence-corrected chi connectivity index (χ1v) is 29.0. The van der Waals surface area contributed by atoms with E-state index in [1.54, 1.807) is 12.1 Å². The van der Waals surface area contributed by atoms with E-state index in [0.717, 1.165) is 18.4 Å². The fourth-order valence-corrected chi connectivity index (χ4v) is 9.83. The number of hydrogen-bond acceptors (Lipinski definition) is 3. The number of rotatable bonds is 50. The number of aryl methyl sites for hydroxylation is 1. The molecule has 0 heterocycles. The summed E-state index contributed by atoms with van der Waals surface area (Å²) in [4.78, 5) is -0.131. The molecule has 3 nitrogen and oxygen atoms in total. The van der Waals surface area contributed by atoms with Crippen molar-refractivity contribution in [3.05, 3.63) is 29.8 Å². The van der Waals surface area contributed by atoms with Crippen LogP contribution >= 0.6 is 0 Å². The standard InChI is InChI=1S/C56H106O3S.Na/c1-2-3-4-5-6-7-8-9-10-11-12-13-14-15-16-17-18-19-20-21-22-23-24-25-26-27-28-29-30-31-32-33-34-35-36-37-38-39-40-41-42-43-44-45-46-47-48-49-50-55-51-53-56(54-52-55)60(57,58)59;/h51-54H,2-50H2,1H3,(H,57,58,59);/q;+1/p-1. The van der Waals surface area contributed by atoms with E-state index in [2.05, 4.69) is 6.92 Å². The molecule has 0 saturated heterocycles. The minimum Gasteiger partial charge on any atom is -0.744 e. The molecule has 0 amide bonds. The van der Waals surface area contributed by atoms with Crippen LogP contribution in [0, 0.1) is 0 Å². The van der Waals surface area contributed by atoms with Crippen molar-refractivity contribution >= 4 is 10.1 Å². The van der Waals surface area contributed by atoms with Crippen LogP contribution in [0.5, 0.6) is 0 Å². The Hall–Kier alpha value is 0.130. The van der Waals surface area contributed by atoms with E-state index >= 15 is 0 Å². The zero-order valence-corrected chi connectivity index (χ0v) is 44.4. The van der Waals surface area contributed by atoms with E-state index in [-0.39, 0.29) is 34.5 Å². The van der Waals surface area contributed by atoms with Gasteiger partial charge in [0.25, 0.3) is 0 Å². The molecule has 0 saturated carbocycles. The Labute approximate surface area is 406 Å². The van der Waals surface area contributed by atoms with Crippen LogP contribution in [0.25, 0.3) is 0 Å². The number of unbranched alkanes of at least 4 members (excludes halogenated alkanes) is 47. The molecule has 0 aliphatic heterocycles. The van der Waals surface area contributed by atoms with E-state index in [1.807, 2.05) is 0 Å². The Balaban J connectivity index is 0.0000360. The van der Waals surface area contributed by atoms with Crippen molar-refractivity contribution in [2.45, 2.75) is 326 Å². The Morgan fingerprint density at radius 2 is 0.459 bits per heavy atom. The molecule has 0 aromatic heterocycles. The van der Waals surface area contributed by atoms with E-state index in [9.17, 15) is 13.0 Å². The molecule has 0 fully saturated rings. The van der Waals surface area contributed by atoms with E-state index in [0.29, 0.717) is 0 Å². The van der Waals surface area contributed by atoms with Crippen LogP contribution < -0.4 is 29.6 Å². The Kier molecular flexibility index (Phi) is 49.7. The molecular weight excluding hydrogens is 776 g/mol. The molecule has 0 atom stereocenters. The molecule has 0 aliphatic rings. The van der Waals surface area contributed by atoms with Crippen LogP contribution in [0.15, 0.2) is 29.2 Å². The monoisotopic (exact) mass is 881 g/mol. The normalized spacial score (nSPS) is 11.7. The van der Waals surface area contributed by atoms with Gasteiger partial charge in [0.05, 0.1) is 4.90 Å². The summed E-state index contributed by atoms with van der Waals surface area (Å²) >= 11 is 0. The maximum Gasteiger partial charge on any atom is 1.00 e. The molecule has 1 aromatic carbocycles. The summed E-state index contributed by atoms with van der Waals surface area (Å²) in [6.45, 7) is 2.31. The van der Waals surface area contributed by atoms with Gasteiger partial charge in [-0.05, 0) is 30.5 Å². The fourth-order valence-electron chi connectivity index (χ4n) is 9.36. The van der Waals surface area contributed by atoms with Crippen molar-refractivity contribution in [2.75, 3.05) is 0 Å². The van der Waals surface area contributed by atoms with E-state index < -0.39 is 10.1 Å². The predicted octanol–water partition coefficient (Wildman–Crippen LogP) is 16.9. The first kappa shape index (κ1) is 61.1. The maximum absolute atomic E-state index is 11.0. The van der Waals surface area contributed by atoms with Gasteiger partial charge in [0.15, 0.2) is 0 Å². The van der Waals surface area contributed by atoms with Crippen LogP contribution in [0.2, 0.25) is 0 Å². The summed E-state index contributed by atoms with van der Waals surface area (Å²) in [5.41, 5.74) is 1.12. The van der Waals surface area contributed by atoms with Gasteiger partial charge in [-0.15, -0.1) is 0 Å². The molecule has 0 spiro atoms. The summed E-state index contributed by atoms with van der Waals surface area (Å²) in [6, 6.07) is 6.42. The molecule has 1 rings (SSSR count). The van der Waals surface area contributed by atoms with Gasteiger partial charge in [0, 0.05) is 0 Å². The van der Waals surface area contributed by atoms with E-state index in [1.165, 1.54) is 314 Å². The van der Waals surface area contributed by atoms with Crippen molar-refractivity contribution in [3.8, 4) is 0 Å². The second-order valence-corrected chi connectivity index (χ2v) is 20.8. The van der Waals surface area contributed by atoms with Crippen molar-refractivity contribution in [2.24, 2.45) is 0 Å².